The summed E-state index contributed by atoms with van der Waals surface area (Å²) >= 11 is 0. The van der Waals surface area contributed by atoms with Crippen molar-refractivity contribution in [2.24, 2.45) is 0 Å². The SMILES string of the molecule is CCCCOc1ccc2oc(C(=O)O)cc2c1. The molecule has 0 aliphatic heterocycles. The van der Waals surface area contributed by atoms with Gasteiger partial charge in [0.25, 0.3) is 0 Å². The van der Waals surface area contributed by atoms with E-state index in [0.29, 0.717) is 12.2 Å². The maximum atomic E-state index is 10.7. The molecule has 0 radical (unpaired) electrons. The number of rotatable bonds is 5. The van der Waals surface area contributed by atoms with E-state index in [0.717, 1.165) is 24.0 Å². The Morgan fingerprint density at radius 1 is 1.41 bits per heavy atom. The maximum Gasteiger partial charge on any atom is 0.371 e. The molecule has 4 heteroatoms. The van der Waals surface area contributed by atoms with E-state index in [1.54, 1.807) is 18.2 Å². The van der Waals surface area contributed by atoms with E-state index in [1.807, 2.05) is 0 Å². The largest absolute Gasteiger partial charge is 0.494 e. The van der Waals surface area contributed by atoms with Gasteiger partial charge in [-0.3, -0.25) is 0 Å². The summed E-state index contributed by atoms with van der Waals surface area (Å²) in [5, 5.41) is 9.55. The standard InChI is InChI=1S/C13H14O4/c1-2-3-6-16-10-4-5-11-9(7-10)8-12(17-11)13(14)15/h4-5,7-8H,2-3,6H2,1H3,(H,14,15). The zero-order valence-corrected chi connectivity index (χ0v) is 9.60. The molecule has 2 aromatic rings. The predicted octanol–water partition coefficient (Wildman–Crippen LogP) is 3.31. The average molecular weight is 234 g/mol. The summed E-state index contributed by atoms with van der Waals surface area (Å²) in [6.07, 6.45) is 2.08. The molecule has 0 saturated heterocycles. The van der Waals surface area contributed by atoms with Crippen LogP contribution in [-0.4, -0.2) is 17.7 Å². The molecule has 0 amide bonds. The fourth-order valence-corrected chi connectivity index (χ4v) is 1.55. The first-order valence-electron chi connectivity index (χ1n) is 5.60. The molecule has 2 rings (SSSR count). The van der Waals surface area contributed by atoms with Crippen LogP contribution in [-0.2, 0) is 0 Å². The fraction of sp³-hybridized carbons (Fsp3) is 0.308. The lowest BCUT2D eigenvalue weighted by Crippen LogP contribution is -1.95. The first kappa shape index (κ1) is 11.5. The summed E-state index contributed by atoms with van der Waals surface area (Å²) in [5.41, 5.74) is 0.560. The molecule has 0 bridgehead atoms. The first-order chi connectivity index (χ1) is 8.20. The van der Waals surface area contributed by atoms with E-state index >= 15 is 0 Å². The molecule has 17 heavy (non-hydrogen) atoms. The Kier molecular flexibility index (Phi) is 3.32. The van der Waals surface area contributed by atoms with E-state index in [-0.39, 0.29) is 5.76 Å². The number of unbranched alkanes of at least 4 members (excludes halogenated alkanes) is 1. The molecule has 0 spiro atoms. The molecular formula is C13H14O4. The van der Waals surface area contributed by atoms with Crippen LogP contribution >= 0.6 is 0 Å². The molecule has 0 saturated carbocycles. The van der Waals surface area contributed by atoms with E-state index in [4.69, 9.17) is 14.3 Å². The molecule has 1 N–H and O–H groups in total. The summed E-state index contributed by atoms with van der Waals surface area (Å²) in [5.74, 6) is -0.371. The van der Waals surface area contributed by atoms with Gasteiger partial charge in [-0.05, 0) is 30.7 Å². The Balaban J connectivity index is 2.21. The molecular weight excluding hydrogens is 220 g/mol. The van der Waals surface area contributed by atoms with E-state index < -0.39 is 5.97 Å². The zero-order valence-electron chi connectivity index (χ0n) is 9.60. The minimum atomic E-state index is -1.06. The minimum Gasteiger partial charge on any atom is -0.494 e. The molecule has 0 unspecified atom stereocenters. The van der Waals surface area contributed by atoms with Crippen molar-refractivity contribution in [2.75, 3.05) is 6.61 Å². The molecule has 0 aliphatic rings. The van der Waals surface area contributed by atoms with Crippen LogP contribution in [0.25, 0.3) is 11.0 Å². The number of hydrogen-bond donors (Lipinski definition) is 1. The van der Waals surface area contributed by atoms with Crippen LogP contribution < -0.4 is 4.74 Å². The number of furan rings is 1. The average Bonchev–Trinajstić information content (AvgIpc) is 2.72. The van der Waals surface area contributed by atoms with Crippen molar-refractivity contribution in [3.63, 3.8) is 0 Å². The maximum absolute atomic E-state index is 10.7. The molecule has 1 aromatic carbocycles. The Morgan fingerprint density at radius 3 is 2.94 bits per heavy atom. The molecule has 0 fully saturated rings. The summed E-state index contributed by atoms with van der Waals surface area (Å²) < 4.78 is 10.7. The number of hydrogen-bond acceptors (Lipinski definition) is 3. The van der Waals surface area contributed by atoms with Gasteiger partial charge in [0.15, 0.2) is 0 Å². The Hall–Kier alpha value is -1.97. The first-order valence-corrected chi connectivity index (χ1v) is 5.60. The Labute approximate surface area is 98.8 Å². The molecule has 1 heterocycles. The second kappa shape index (κ2) is 4.91. The summed E-state index contributed by atoms with van der Waals surface area (Å²) in [4.78, 5) is 10.7. The second-order valence-corrected chi connectivity index (χ2v) is 3.82. The van der Waals surface area contributed by atoms with Gasteiger partial charge in [-0.1, -0.05) is 13.3 Å². The highest BCUT2D eigenvalue weighted by Crippen LogP contribution is 2.24. The molecule has 90 valence electrons. The van der Waals surface area contributed by atoms with Crippen molar-refractivity contribution < 1.29 is 19.1 Å². The van der Waals surface area contributed by atoms with Gasteiger partial charge in [-0.25, -0.2) is 4.79 Å². The fourth-order valence-electron chi connectivity index (χ4n) is 1.55. The van der Waals surface area contributed by atoms with Crippen molar-refractivity contribution in [2.45, 2.75) is 19.8 Å². The van der Waals surface area contributed by atoms with E-state index in [9.17, 15) is 4.79 Å². The van der Waals surface area contributed by atoms with Crippen molar-refractivity contribution >= 4 is 16.9 Å². The number of carboxylic acid groups (broad SMARTS) is 1. The van der Waals surface area contributed by atoms with Gasteiger partial charge in [-0.15, -0.1) is 0 Å². The Morgan fingerprint density at radius 2 is 2.24 bits per heavy atom. The molecule has 1 aromatic heterocycles. The third kappa shape index (κ3) is 2.58. The molecule has 4 nitrogen and oxygen atoms in total. The number of benzene rings is 1. The number of ether oxygens (including phenoxy) is 1. The van der Waals surface area contributed by atoms with Gasteiger partial charge in [0, 0.05) is 5.39 Å². The van der Waals surface area contributed by atoms with Crippen LogP contribution in [0.1, 0.15) is 30.3 Å². The summed E-state index contributed by atoms with van der Waals surface area (Å²) in [6.45, 7) is 2.77. The van der Waals surface area contributed by atoms with Crippen molar-refractivity contribution in [1.82, 2.24) is 0 Å². The predicted molar refractivity (Wildman–Crippen MR) is 63.6 cm³/mol. The van der Waals surface area contributed by atoms with Gasteiger partial charge in [-0.2, -0.15) is 0 Å². The lowest BCUT2D eigenvalue weighted by molar-refractivity contribution is 0.0665. The van der Waals surface area contributed by atoms with Gasteiger partial charge in [0.1, 0.15) is 11.3 Å². The van der Waals surface area contributed by atoms with Crippen LogP contribution in [0.5, 0.6) is 5.75 Å². The highest BCUT2D eigenvalue weighted by molar-refractivity contribution is 5.91. The van der Waals surface area contributed by atoms with Gasteiger partial charge < -0.3 is 14.3 Å². The summed E-state index contributed by atoms with van der Waals surface area (Å²) in [6, 6.07) is 6.81. The van der Waals surface area contributed by atoms with Gasteiger partial charge in [0.05, 0.1) is 6.61 Å². The highest BCUT2D eigenvalue weighted by atomic mass is 16.5. The lowest BCUT2D eigenvalue weighted by atomic mass is 10.2. The van der Waals surface area contributed by atoms with Crippen LogP contribution in [0, 0.1) is 0 Å². The number of fused-ring (bicyclic) bond motifs is 1. The smallest absolute Gasteiger partial charge is 0.371 e. The number of carbonyl (C=O) groups is 1. The summed E-state index contributed by atoms with van der Waals surface area (Å²) in [7, 11) is 0. The van der Waals surface area contributed by atoms with Crippen LogP contribution in [0.2, 0.25) is 0 Å². The van der Waals surface area contributed by atoms with Crippen molar-refractivity contribution in [1.29, 1.82) is 0 Å². The van der Waals surface area contributed by atoms with Crippen molar-refractivity contribution in [3.05, 3.63) is 30.0 Å². The monoisotopic (exact) mass is 234 g/mol. The van der Waals surface area contributed by atoms with E-state index in [2.05, 4.69) is 6.92 Å². The van der Waals surface area contributed by atoms with Crippen molar-refractivity contribution in [3.8, 4) is 5.75 Å². The Bertz CT molecular complexity index is 527. The lowest BCUT2D eigenvalue weighted by Gasteiger charge is -2.04. The number of carboxylic acids is 1. The number of aromatic carboxylic acids is 1. The van der Waals surface area contributed by atoms with Crippen LogP contribution in [0.3, 0.4) is 0 Å². The third-order valence-electron chi connectivity index (χ3n) is 2.47. The van der Waals surface area contributed by atoms with Crippen LogP contribution in [0.15, 0.2) is 28.7 Å². The normalized spacial score (nSPS) is 10.6. The quantitative estimate of drug-likeness (QED) is 0.806. The van der Waals surface area contributed by atoms with Gasteiger partial charge >= 0.3 is 5.97 Å². The third-order valence-corrected chi connectivity index (χ3v) is 2.47. The minimum absolute atomic E-state index is 0.0503. The van der Waals surface area contributed by atoms with Gasteiger partial charge in [0.2, 0.25) is 5.76 Å². The molecule has 0 atom stereocenters. The highest BCUT2D eigenvalue weighted by Gasteiger charge is 2.10. The van der Waals surface area contributed by atoms with E-state index in [1.165, 1.54) is 6.07 Å². The zero-order chi connectivity index (χ0) is 12.3. The topological polar surface area (TPSA) is 59.7 Å². The molecule has 0 aliphatic carbocycles. The second-order valence-electron chi connectivity index (χ2n) is 3.82. The van der Waals surface area contributed by atoms with Crippen LogP contribution in [0.4, 0.5) is 0 Å².